The molecule has 2 aliphatic rings. The number of quaternary nitrogens is 1. The molecular weight excluding hydrogens is 286 g/mol. The van der Waals surface area contributed by atoms with Crippen molar-refractivity contribution >= 4 is 0 Å². The Morgan fingerprint density at radius 3 is 2.09 bits per heavy atom. The Morgan fingerprint density at radius 2 is 1.57 bits per heavy atom. The molecular formula is C20H40NO2+. The smallest absolute Gasteiger partial charge is 0.126 e. The van der Waals surface area contributed by atoms with E-state index in [2.05, 4.69) is 34.6 Å². The summed E-state index contributed by atoms with van der Waals surface area (Å²) < 4.78 is 6.05. The molecule has 0 aromatic carbocycles. The van der Waals surface area contributed by atoms with Crippen LogP contribution in [-0.4, -0.2) is 42.5 Å². The van der Waals surface area contributed by atoms with Crippen LogP contribution in [0.5, 0.6) is 0 Å². The van der Waals surface area contributed by atoms with Crippen molar-refractivity contribution in [2.45, 2.75) is 104 Å². The Hall–Kier alpha value is -0.120. The number of aliphatic hydroxyl groups is 1. The number of rotatable bonds is 5. The van der Waals surface area contributed by atoms with Gasteiger partial charge in [0.15, 0.2) is 0 Å². The SMILES string of the molecule is C[C@@H]1CCC[C@H](C)[NH+]1C[C@H](O)COC1CCC(C(C)(C)C)CC1. The zero-order valence-corrected chi connectivity index (χ0v) is 16.1. The monoisotopic (exact) mass is 326 g/mol. The highest BCUT2D eigenvalue weighted by Crippen LogP contribution is 2.38. The molecule has 1 saturated heterocycles. The van der Waals surface area contributed by atoms with Gasteiger partial charge in [0.05, 0.1) is 24.8 Å². The lowest BCUT2D eigenvalue weighted by Crippen LogP contribution is -3.20. The van der Waals surface area contributed by atoms with E-state index in [-0.39, 0.29) is 6.10 Å². The lowest BCUT2D eigenvalue weighted by atomic mass is 9.72. The lowest BCUT2D eigenvalue weighted by molar-refractivity contribution is -0.954. The number of piperidine rings is 1. The number of hydrogen-bond acceptors (Lipinski definition) is 2. The van der Waals surface area contributed by atoms with E-state index in [0.29, 0.717) is 30.2 Å². The van der Waals surface area contributed by atoms with Crippen molar-refractivity contribution in [3.63, 3.8) is 0 Å². The zero-order valence-electron chi connectivity index (χ0n) is 16.1. The van der Waals surface area contributed by atoms with Crippen LogP contribution >= 0.6 is 0 Å². The van der Waals surface area contributed by atoms with Gasteiger partial charge < -0.3 is 14.7 Å². The van der Waals surface area contributed by atoms with Gasteiger partial charge in [-0.3, -0.25) is 0 Å². The first-order valence-corrected chi connectivity index (χ1v) is 9.92. The molecule has 2 rings (SSSR count). The lowest BCUT2D eigenvalue weighted by Gasteiger charge is -2.38. The molecule has 1 heterocycles. The Morgan fingerprint density at radius 1 is 1.00 bits per heavy atom. The Kier molecular flexibility index (Phi) is 6.94. The Labute approximate surface area is 143 Å². The number of hydrogen-bond donors (Lipinski definition) is 2. The topological polar surface area (TPSA) is 33.9 Å². The molecule has 0 radical (unpaired) electrons. The quantitative estimate of drug-likeness (QED) is 0.814. The van der Waals surface area contributed by atoms with Crippen LogP contribution in [0.1, 0.15) is 79.6 Å². The van der Waals surface area contributed by atoms with Crippen molar-refractivity contribution in [2.75, 3.05) is 13.2 Å². The maximum atomic E-state index is 10.4. The van der Waals surface area contributed by atoms with Gasteiger partial charge in [-0.05, 0) is 70.1 Å². The summed E-state index contributed by atoms with van der Waals surface area (Å²) in [5.74, 6) is 0.826. The fourth-order valence-corrected chi connectivity index (χ4v) is 4.66. The van der Waals surface area contributed by atoms with Crippen molar-refractivity contribution in [3.8, 4) is 0 Å². The van der Waals surface area contributed by atoms with Crippen molar-refractivity contribution in [2.24, 2.45) is 11.3 Å². The first kappa shape index (κ1) is 19.2. The summed E-state index contributed by atoms with van der Waals surface area (Å²) in [4.78, 5) is 1.57. The number of likely N-dealkylation sites (tertiary alicyclic amines) is 1. The largest absolute Gasteiger partial charge is 0.385 e. The van der Waals surface area contributed by atoms with Gasteiger partial charge in [-0.2, -0.15) is 0 Å². The molecule has 23 heavy (non-hydrogen) atoms. The van der Waals surface area contributed by atoms with Crippen LogP contribution in [0.25, 0.3) is 0 Å². The average Bonchev–Trinajstić information content (AvgIpc) is 2.48. The second kappa shape index (κ2) is 8.31. The Bertz CT molecular complexity index is 334. The van der Waals surface area contributed by atoms with Crippen molar-refractivity contribution < 1.29 is 14.7 Å². The van der Waals surface area contributed by atoms with E-state index in [0.717, 1.165) is 25.3 Å². The molecule has 3 heteroatoms. The molecule has 0 amide bonds. The van der Waals surface area contributed by atoms with Crippen LogP contribution in [0.2, 0.25) is 0 Å². The maximum Gasteiger partial charge on any atom is 0.126 e. The fourth-order valence-electron chi connectivity index (χ4n) is 4.66. The van der Waals surface area contributed by atoms with E-state index >= 15 is 0 Å². The summed E-state index contributed by atoms with van der Waals surface area (Å²) >= 11 is 0. The standard InChI is InChI=1S/C20H39NO2/c1-15-7-6-8-16(2)21(15)13-18(22)14-23-19-11-9-17(10-12-19)20(3,4)5/h15-19,22H,6-14H2,1-5H3/p+1/t15-,16+,17?,18-,19?/m0/s1. The molecule has 1 unspecified atom stereocenters. The molecule has 0 aromatic heterocycles. The minimum Gasteiger partial charge on any atom is -0.385 e. The zero-order chi connectivity index (χ0) is 17.0. The van der Waals surface area contributed by atoms with Gasteiger partial charge in [0.2, 0.25) is 0 Å². The van der Waals surface area contributed by atoms with Crippen molar-refractivity contribution in [1.29, 1.82) is 0 Å². The molecule has 4 atom stereocenters. The second-order valence-corrected chi connectivity index (χ2v) is 9.34. The van der Waals surface area contributed by atoms with Gasteiger partial charge in [0.25, 0.3) is 0 Å². The van der Waals surface area contributed by atoms with E-state index < -0.39 is 0 Å². The first-order chi connectivity index (χ1) is 10.8. The van der Waals surface area contributed by atoms with Crippen molar-refractivity contribution in [3.05, 3.63) is 0 Å². The van der Waals surface area contributed by atoms with Gasteiger partial charge in [-0.15, -0.1) is 0 Å². The molecule has 1 saturated carbocycles. The third-order valence-corrected chi connectivity index (χ3v) is 6.43. The highest BCUT2D eigenvalue weighted by molar-refractivity contribution is 4.81. The molecule has 1 aliphatic carbocycles. The minimum absolute atomic E-state index is 0.312. The molecule has 0 bridgehead atoms. The van der Waals surface area contributed by atoms with E-state index in [4.69, 9.17) is 4.74 Å². The van der Waals surface area contributed by atoms with Crippen LogP contribution in [-0.2, 0) is 4.74 Å². The van der Waals surface area contributed by atoms with Crippen LogP contribution in [0.15, 0.2) is 0 Å². The summed E-state index contributed by atoms with van der Waals surface area (Å²) in [5.41, 5.74) is 0.425. The van der Waals surface area contributed by atoms with E-state index in [9.17, 15) is 5.11 Å². The molecule has 1 aliphatic heterocycles. The van der Waals surface area contributed by atoms with Crippen LogP contribution < -0.4 is 4.90 Å². The summed E-state index contributed by atoms with van der Waals surface area (Å²) in [5, 5.41) is 10.4. The fraction of sp³-hybridized carbons (Fsp3) is 1.00. The third-order valence-electron chi connectivity index (χ3n) is 6.43. The molecule has 2 fully saturated rings. The molecule has 0 spiro atoms. The van der Waals surface area contributed by atoms with Gasteiger partial charge in [0, 0.05) is 0 Å². The third kappa shape index (κ3) is 5.72. The van der Waals surface area contributed by atoms with Crippen LogP contribution in [0, 0.1) is 11.3 Å². The molecule has 136 valence electrons. The first-order valence-electron chi connectivity index (χ1n) is 9.92. The second-order valence-electron chi connectivity index (χ2n) is 9.34. The van der Waals surface area contributed by atoms with Crippen LogP contribution in [0.3, 0.4) is 0 Å². The van der Waals surface area contributed by atoms with Gasteiger partial charge in [-0.25, -0.2) is 0 Å². The summed E-state index contributed by atoms with van der Waals surface area (Å²) in [7, 11) is 0. The normalized spacial score (nSPS) is 37.6. The highest BCUT2D eigenvalue weighted by Gasteiger charge is 2.32. The maximum absolute atomic E-state index is 10.4. The van der Waals surface area contributed by atoms with Crippen LogP contribution in [0.4, 0.5) is 0 Å². The van der Waals surface area contributed by atoms with E-state index in [1.165, 1.54) is 32.1 Å². The number of aliphatic hydroxyl groups excluding tert-OH is 1. The molecule has 0 aromatic rings. The Balaban J connectivity index is 1.68. The highest BCUT2D eigenvalue weighted by atomic mass is 16.5. The average molecular weight is 327 g/mol. The predicted molar refractivity (Wildman–Crippen MR) is 95.8 cm³/mol. The predicted octanol–water partition coefficient (Wildman–Crippen LogP) is 2.81. The van der Waals surface area contributed by atoms with Gasteiger partial charge >= 0.3 is 0 Å². The summed E-state index contributed by atoms with van der Waals surface area (Å²) in [6, 6.07) is 1.35. The minimum atomic E-state index is -0.312. The van der Waals surface area contributed by atoms with Gasteiger partial charge in [-0.1, -0.05) is 20.8 Å². The summed E-state index contributed by atoms with van der Waals surface area (Å²) in [6.07, 6.45) is 8.87. The number of ether oxygens (including phenoxy) is 1. The van der Waals surface area contributed by atoms with Gasteiger partial charge in [0.1, 0.15) is 12.6 Å². The van der Waals surface area contributed by atoms with Crippen molar-refractivity contribution in [1.82, 2.24) is 0 Å². The van der Waals surface area contributed by atoms with E-state index in [1.807, 2.05) is 0 Å². The summed E-state index contributed by atoms with van der Waals surface area (Å²) in [6.45, 7) is 13.1. The number of nitrogens with one attached hydrogen (secondary N) is 1. The molecule has 2 N–H and O–H groups in total. The molecule has 3 nitrogen and oxygen atoms in total. The van der Waals surface area contributed by atoms with E-state index in [1.54, 1.807) is 4.90 Å².